The number of benzene rings is 1. The van der Waals surface area contributed by atoms with Gasteiger partial charge in [-0.2, -0.15) is 0 Å². The number of rotatable bonds is 1. The van der Waals surface area contributed by atoms with Gasteiger partial charge in [0.1, 0.15) is 11.6 Å². The van der Waals surface area contributed by atoms with Gasteiger partial charge >= 0.3 is 0 Å². The molecule has 2 nitrogen and oxygen atoms in total. The van der Waals surface area contributed by atoms with Crippen LogP contribution in [0.2, 0.25) is 0 Å². The summed E-state index contributed by atoms with van der Waals surface area (Å²) in [6.07, 6.45) is 1.57. The smallest absolute Gasteiger partial charge is 0.229 e. The average Bonchev–Trinajstić information content (AvgIpc) is 2.51. The van der Waals surface area contributed by atoms with E-state index in [0.29, 0.717) is 21.7 Å². The minimum atomic E-state index is -0.346. The molecule has 0 atom stereocenters. The van der Waals surface area contributed by atoms with Gasteiger partial charge in [-0.1, -0.05) is 15.9 Å². The summed E-state index contributed by atoms with van der Waals surface area (Å²) in [6, 6.07) is 4.76. The lowest BCUT2D eigenvalue weighted by molar-refractivity contribution is 0.534. The molecule has 0 saturated carbocycles. The summed E-state index contributed by atoms with van der Waals surface area (Å²) >= 11 is 3.18. The monoisotopic (exact) mass is 255 g/mol. The molecule has 0 unspecified atom stereocenters. The van der Waals surface area contributed by atoms with Crippen LogP contribution in [0.4, 0.5) is 4.39 Å². The van der Waals surface area contributed by atoms with E-state index in [1.54, 1.807) is 25.3 Å². The van der Waals surface area contributed by atoms with E-state index in [0.717, 1.165) is 0 Å². The number of halogens is 2. The van der Waals surface area contributed by atoms with Gasteiger partial charge in [0, 0.05) is 4.47 Å². The van der Waals surface area contributed by atoms with Crippen molar-refractivity contribution in [3.63, 3.8) is 0 Å². The first-order valence-electron chi connectivity index (χ1n) is 4.04. The van der Waals surface area contributed by atoms with Crippen LogP contribution in [0.5, 0.6) is 0 Å². The van der Waals surface area contributed by atoms with Gasteiger partial charge in [-0.15, -0.1) is 0 Å². The SMILES string of the molecule is Cc1cnc(-c2ccc(Br)cc2F)o1. The third-order valence-electron chi connectivity index (χ3n) is 1.78. The Balaban J connectivity index is 2.52. The predicted octanol–water partition coefficient (Wildman–Crippen LogP) is 3.55. The van der Waals surface area contributed by atoms with Crippen molar-refractivity contribution in [2.24, 2.45) is 0 Å². The van der Waals surface area contributed by atoms with Crippen molar-refractivity contribution in [2.75, 3.05) is 0 Å². The van der Waals surface area contributed by atoms with Gasteiger partial charge in [0.2, 0.25) is 5.89 Å². The maximum atomic E-state index is 13.4. The van der Waals surface area contributed by atoms with Gasteiger partial charge in [0.15, 0.2) is 0 Å². The Bertz CT molecular complexity index is 467. The number of nitrogens with zero attached hydrogens (tertiary/aromatic N) is 1. The molecule has 1 aromatic carbocycles. The van der Waals surface area contributed by atoms with Gasteiger partial charge < -0.3 is 4.42 Å². The molecule has 0 radical (unpaired) electrons. The number of oxazole rings is 1. The second-order valence-electron chi connectivity index (χ2n) is 2.90. The molecule has 0 aliphatic heterocycles. The Morgan fingerprint density at radius 1 is 1.43 bits per heavy atom. The summed E-state index contributed by atoms with van der Waals surface area (Å²) in [5, 5.41) is 0. The largest absolute Gasteiger partial charge is 0.441 e. The highest BCUT2D eigenvalue weighted by Gasteiger charge is 2.10. The molecule has 2 aromatic rings. The molecule has 0 fully saturated rings. The van der Waals surface area contributed by atoms with Crippen LogP contribution < -0.4 is 0 Å². The Labute approximate surface area is 88.9 Å². The molecular formula is C10H7BrFNO. The number of hydrogen-bond acceptors (Lipinski definition) is 2. The molecule has 0 spiro atoms. The first-order valence-corrected chi connectivity index (χ1v) is 4.84. The maximum absolute atomic E-state index is 13.4. The van der Waals surface area contributed by atoms with Crippen molar-refractivity contribution in [1.82, 2.24) is 4.98 Å². The van der Waals surface area contributed by atoms with Crippen LogP contribution in [0, 0.1) is 12.7 Å². The Hall–Kier alpha value is -1.16. The van der Waals surface area contributed by atoms with Gasteiger partial charge in [0.05, 0.1) is 11.8 Å². The molecule has 0 bridgehead atoms. The lowest BCUT2D eigenvalue weighted by Crippen LogP contribution is -1.83. The zero-order valence-corrected chi connectivity index (χ0v) is 9.01. The quantitative estimate of drug-likeness (QED) is 0.779. The normalized spacial score (nSPS) is 10.5. The van der Waals surface area contributed by atoms with Crippen LogP contribution in [0.25, 0.3) is 11.5 Å². The standard InChI is InChI=1S/C10H7BrFNO/c1-6-5-13-10(14-6)8-3-2-7(11)4-9(8)12/h2-5H,1H3. The highest BCUT2D eigenvalue weighted by molar-refractivity contribution is 9.10. The second kappa shape index (κ2) is 3.53. The molecule has 0 aliphatic carbocycles. The van der Waals surface area contributed by atoms with Crippen molar-refractivity contribution in [3.05, 3.63) is 40.4 Å². The van der Waals surface area contributed by atoms with Gasteiger partial charge in [-0.3, -0.25) is 0 Å². The zero-order valence-electron chi connectivity index (χ0n) is 7.42. The van der Waals surface area contributed by atoms with Gasteiger partial charge in [-0.25, -0.2) is 9.37 Å². The highest BCUT2D eigenvalue weighted by Crippen LogP contribution is 2.24. The summed E-state index contributed by atoms with van der Waals surface area (Å²) < 4.78 is 19.3. The van der Waals surface area contributed by atoms with Crippen molar-refractivity contribution in [3.8, 4) is 11.5 Å². The first-order chi connectivity index (χ1) is 6.66. The number of hydrogen-bond donors (Lipinski definition) is 0. The van der Waals surface area contributed by atoms with E-state index in [9.17, 15) is 4.39 Å². The van der Waals surface area contributed by atoms with E-state index in [-0.39, 0.29) is 5.82 Å². The summed E-state index contributed by atoms with van der Waals surface area (Å²) in [4.78, 5) is 3.95. The van der Waals surface area contributed by atoms with Crippen LogP contribution in [-0.4, -0.2) is 4.98 Å². The second-order valence-corrected chi connectivity index (χ2v) is 3.82. The molecule has 72 valence electrons. The molecule has 0 amide bonds. The van der Waals surface area contributed by atoms with Gasteiger partial charge in [0.25, 0.3) is 0 Å². The summed E-state index contributed by atoms with van der Waals surface area (Å²) in [7, 11) is 0. The molecule has 0 saturated heterocycles. The molecule has 14 heavy (non-hydrogen) atoms. The van der Waals surface area contributed by atoms with E-state index in [4.69, 9.17) is 4.42 Å². The van der Waals surface area contributed by atoms with Crippen molar-refractivity contribution in [2.45, 2.75) is 6.92 Å². The maximum Gasteiger partial charge on any atom is 0.229 e. The minimum Gasteiger partial charge on any atom is -0.441 e. The fraction of sp³-hybridized carbons (Fsp3) is 0.100. The van der Waals surface area contributed by atoms with E-state index in [1.165, 1.54) is 6.07 Å². The molecule has 0 aliphatic rings. The van der Waals surface area contributed by atoms with E-state index < -0.39 is 0 Å². The highest BCUT2D eigenvalue weighted by atomic mass is 79.9. The molecule has 2 rings (SSSR count). The zero-order chi connectivity index (χ0) is 10.1. The lowest BCUT2D eigenvalue weighted by Gasteiger charge is -1.98. The fourth-order valence-corrected chi connectivity index (χ4v) is 1.48. The van der Waals surface area contributed by atoms with Crippen LogP contribution in [0.1, 0.15) is 5.76 Å². The summed E-state index contributed by atoms with van der Waals surface area (Å²) in [6.45, 7) is 1.77. The van der Waals surface area contributed by atoms with Crippen LogP contribution in [0.15, 0.2) is 33.3 Å². The van der Waals surface area contributed by atoms with Crippen molar-refractivity contribution >= 4 is 15.9 Å². The number of aromatic nitrogens is 1. The van der Waals surface area contributed by atoms with Crippen LogP contribution >= 0.6 is 15.9 Å². The topological polar surface area (TPSA) is 26.0 Å². The third-order valence-corrected chi connectivity index (χ3v) is 2.28. The Kier molecular flexibility index (Phi) is 2.37. The average molecular weight is 256 g/mol. The minimum absolute atomic E-state index is 0.313. The van der Waals surface area contributed by atoms with E-state index in [1.807, 2.05) is 0 Å². The summed E-state index contributed by atoms with van der Waals surface area (Å²) in [5.41, 5.74) is 0.376. The molecular weight excluding hydrogens is 249 g/mol. The van der Waals surface area contributed by atoms with E-state index in [2.05, 4.69) is 20.9 Å². The number of aryl methyl sites for hydroxylation is 1. The molecule has 1 aromatic heterocycles. The van der Waals surface area contributed by atoms with Crippen LogP contribution in [-0.2, 0) is 0 Å². The van der Waals surface area contributed by atoms with Crippen molar-refractivity contribution in [1.29, 1.82) is 0 Å². The molecule has 0 N–H and O–H groups in total. The van der Waals surface area contributed by atoms with Crippen LogP contribution in [0.3, 0.4) is 0 Å². The summed E-state index contributed by atoms with van der Waals surface area (Å²) in [5.74, 6) is 0.635. The lowest BCUT2D eigenvalue weighted by atomic mass is 10.2. The Morgan fingerprint density at radius 3 is 2.79 bits per heavy atom. The molecule has 4 heteroatoms. The molecule has 1 heterocycles. The predicted molar refractivity (Wildman–Crippen MR) is 54.3 cm³/mol. The van der Waals surface area contributed by atoms with Crippen molar-refractivity contribution < 1.29 is 8.81 Å². The third kappa shape index (κ3) is 1.70. The Morgan fingerprint density at radius 2 is 2.21 bits per heavy atom. The van der Waals surface area contributed by atoms with Gasteiger partial charge in [-0.05, 0) is 25.1 Å². The fourth-order valence-electron chi connectivity index (χ4n) is 1.14. The first kappa shape index (κ1) is 9.40. The van der Waals surface area contributed by atoms with E-state index >= 15 is 0 Å².